The Morgan fingerprint density at radius 3 is 2.69 bits per heavy atom. The van der Waals surface area contributed by atoms with E-state index in [0.717, 1.165) is 44.6 Å². The molecule has 0 unspecified atom stereocenters. The number of rotatable bonds is 5. The number of piperidine rings is 1. The summed E-state index contributed by atoms with van der Waals surface area (Å²) in [5, 5.41) is 3.21. The summed E-state index contributed by atoms with van der Waals surface area (Å²) in [6.45, 7) is 5.35. The van der Waals surface area contributed by atoms with Crippen LogP contribution >= 0.6 is 11.6 Å². The van der Waals surface area contributed by atoms with Crippen molar-refractivity contribution in [1.29, 1.82) is 0 Å². The first-order valence-electron chi connectivity index (χ1n) is 5.98. The highest BCUT2D eigenvalue weighted by molar-refractivity contribution is 6.25. The quantitative estimate of drug-likeness (QED) is 0.752. The van der Waals surface area contributed by atoms with Gasteiger partial charge in [0.15, 0.2) is 0 Å². The van der Waals surface area contributed by atoms with Crippen molar-refractivity contribution in [2.24, 2.45) is 0 Å². The Morgan fingerprint density at radius 1 is 1.38 bits per heavy atom. The number of halogens is 1. The molecule has 1 rings (SSSR count). The summed E-state index contributed by atoms with van der Waals surface area (Å²) in [5.74, 6) is 0.278. The molecule has 0 aliphatic carbocycles. The predicted octanol–water partition coefficient (Wildman–Crippen LogP) is 2.12. The summed E-state index contributed by atoms with van der Waals surface area (Å²) in [7, 11) is 0. The van der Waals surface area contributed by atoms with Gasteiger partial charge >= 0.3 is 0 Å². The van der Waals surface area contributed by atoms with E-state index in [1.807, 2.05) is 11.8 Å². The zero-order valence-corrected chi connectivity index (χ0v) is 10.7. The minimum Gasteiger partial charge on any atom is -0.343 e. The SMILES string of the molecule is CC(=CCl)CNCCC(=O)N1CCCCC1. The van der Waals surface area contributed by atoms with E-state index < -0.39 is 0 Å². The molecule has 0 aromatic heterocycles. The van der Waals surface area contributed by atoms with Crippen LogP contribution in [0.5, 0.6) is 0 Å². The van der Waals surface area contributed by atoms with Gasteiger partial charge in [0.2, 0.25) is 5.91 Å². The van der Waals surface area contributed by atoms with Crippen LogP contribution in [0.3, 0.4) is 0 Å². The largest absolute Gasteiger partial charge is 0.343 e. The zero-order chi connectivity index (χ0) is 11.8. The van der Waals surface area contributed by atoms with Gasteiger partial charge in [-0.1, -0.05) is 11.6 Å². The van der Waals surface area contributed by atoms with Crippen LogP contribution in [0.15, 0.2) is 11.1 Å². The van der Waals surface area contributed by atoms with Gasteiger partial charge in [-0.2, -0.15) is 0 Å². The van der Waals surface area contributed by atoms with E-state index >= 15 is 0 Å². The smallest absolute Gasteiger partial charge is 0.223 e. The third-order valence-electron chi connectivity index (χ3n) is 2.81. The topological polar surface area (TPSA) is 32.3 Å². The van der Waals surface area contributed by atoms with Crippen LogP contribution < -0.4 is 5.32 Å². The Hall–Kier alpha value is -0.540. The fourth-order valence-corrected chi connectivity index (χ4v) is 1.90. The van der Waals surface area contributed by atoms with Crippen molar-refractivity contribution in [3.63, 3.8) is 0 Å². The van der Waals surface area contributed by atoms with Crippen LogP contribution in [0.2, 0.25) is 0 Å². The number of carbonyl (C=O) groups excluding carboxylic acids is 1. The van der Waals surface area contributed by atoms with Gasteiger partial charge in [0.05, 0.1) is 0 Å². The van der Waals surface area contributed by atoms with Crippen LogP contribution in [0.1, 0.15) is 32.6 Å². The highest BCUT2D eigenvalue weighted by atomic mass is 35.5. The summed E-state index contributed by atoms with van der Waals surface area (Å²) < 4.78 is 0. The van der Waals surface area contributed by atoms with Crippen molar-refractivity contribution in [3.05, 3.63) is 11.1 Å². The molecule has 0 radical (unpaired) electrons. The summed E-state index contributed by atoms with van der Waals surface area (Å²) in [6, 6.07) is 0. The maximum atomic E-state index is 11.8. The molecule has 92 valence electrons. The Morgan fingerprint density at radius 2 is 2.06 bits per heavy atom. The first-order chi connectivity index (χ1) is 7.74. The second-order valence-electron chi connectivity index (χ2n) is 4.32. The first kappa shape index (κ1) is 13.5. The van der Waals surface area contributed by atoms with Gasteiger partial charge in [0.25, 0.3) is 0 Å². The van der Waals surface area contributed by atoms with Crippen molar-refractivity contribution in [1.82, 2.24) is 10.2 Å². The Labute approximate surface area is 103 Å². The van der Waals surface area contributed by atoms with Crippen LogP contribution in [0, 0.1) is 0 Å². The lowest BCUT2D eigenvalue weighted by Crippen LogP contribution is -2.37. The summed E-state index contributed by atoms with van der Waals surface area (Å²) in [6.07, 6.45) is 4.18. The van der Waals surface area contributed by atoms with Crippen LogP contribution in [0.25, 0.3) is 0 Å². The molecular weight excluding hydrogens is 224 g/mol. The number of likely N-dealkylation sites (tertiary alicyclic amines) is 1. The molecule has 1 fully saturated rings. The monoisotopic (exact) mass is 244 g/mol. The maximum absolute atomic E-state index is 11.8. The van der Waals surface area contributed by atoms with Gasteiger partial charge in [0.1, 0.15) is 0 Å². The van der Waals surface area contributed by atoms with Gasteiger partial charge in [-0.25, -0.2) is 0 Å². The summed E-state index contributed by atoms with van der Waals surface area (Å²) in [4.78, 5) is 13.7. The number of nitrogens with zero attached hydrogens (tertiary/aromatic N) is 1. The Kier molecular flexibility index (Phi) is 6.50. The molecule has 1 aliphatic rings. The number of carbonyl (C=O) groups is 1. The normalized spacial score (nSPS) is 17.6. The highest BCUT2D eigenvalue weighted by Gasteiger charge is 2.15. The number of nitrogens with one attached hydrogen (secondary N) is 1. The van der Waals surface area contributed by atoms with E-state index in [4.69, 9.17) is 11.6 Å². The van der Waals surface area contributed by atoms with Crippen LogP contribution in [-0.2, 0) is 4.79 Å². The Bertz CT molecular complexity index is 247. The fraction of sp³-hybridized carbons (Fsp3) is 0.750. The molecule has 16 heavy (non-hydrogen) atoms. The molecule has 4 heteroatoms. The predicted molar refractivity (Wildman–Crippen MR) is 67.5 cm³/mol. The second kappa shape index (κ2) is 7.69. The van der Waals surface area contributed by atoms with E-state index in [-0.39, 0.29) is 5.91 Å². The number of hydrogen-bond donors (Lipinski definition) is 1. The molecule has 0 saturated carbocycles. The Balaban J connectivity index is 2.10. The highest BCUT2D eigenvalue weighted by Crippen LogP contribution is 2.09. The van der Waals surface area contributed by atoms with Gasteiger partial charge in [-0.3, -0.25) is 4.79 Å². The first-order valence-corrected chi connectivity index (χ1v) is 6.42. The van der Waals surface area contributed by atoms with E-state index in [9.17, 15) is 4.79 Å². The van der Waals surface area contributed by atoms with E-state index in [0.29, 0.717) is 6.42 Å². The van der Waals surface area contributed by atoms with Crippen molar-refractivity contribution in [3.8, 4) is 0 Å². The minimum atomic E-state index is 0.278. The molecule has 0 aromatic rings. The van der Waals surface area contributed by atoms with Gasteiger partial charge < -0.3 is 10.2 Å². The zero-order valence-electron chi connectivity index (χ0n) is 9.97. The van der Waals surface area contributed by atoms with E-state index in [2.05, 4.69) is 5.32 Å². The average Bonchev–Trinajstić information content (AvgIpc) is 2.35. The standard InChI is InChI=1S/C12H21ClN2O/c1-11(9-13)10-14-6-5-12(16)15-7-3-2-4-8-15/h9,14H,2-8,10H2,1H3. The molecule has 1 saturated heterocycles. The lowest BCUT2D eigenvalue weighted by atomic mass is 10.1. The van der Waals surface area contributed by atoms with E-state index in [1.54, 1.807) is 5.54 Å². The van der Waals surface area contributed by atoms with Crippen molar-refractivity contribution < 1.29 is 4.79 Å². The van der Waals surface area contributed by atoms with Crippen LogP contribution in [-0.4, -0.2) is 37.0 Å². The van der Waals surface area contributed by atoms with Crippen LogP contribution in [0.4, 0.5) is 0 Å². The summed E-state index contributed by atoms with van der Waals surface area (Å²) >= 11 is 5.54. The van der Waals surface area contributed by atoms with Gasteiger partial charge in [0, 0.05) is 38.1 Å². The minimum absolute atomic E-state index is 0.278. The fourth-order valence-electron chi connectivity index (χ4n) is 1.82. The molecule has 0 aromatic carbocycles. The van der Waals surface area contributed by atoms with Crippen molar-refractivity contribution >= 4 is 17.5 Å². The van der Waals surface area contributed by atoms with E-state index in [1.165, 1.54) is 6.42 Å². The number of hydrogen-bond acceptors (Lipinski definition) is 2. The molecule has 1 amide bonds. The third kappa shape index (κ3) is 4.99. The number of amides is 1. The van der Waals surface area contributed by atoms with Gasteiger partial charge in [-0.15, -0.1) is 0 Å². The van der Waals surface area contributed by atoms with Gasteiger partial charge in [-0.05, 0) is 31.8 Å². The lowest BCUT2D eigenvalue weighted by Gasteiger charge is -2.26. The molecule has 0 spiro atoms. The molecule has 1 aliphatic heterocycles. The van der Waals surface area contributed by atoms with Crippen molar-refractivity contribution in [2.75, 3.05) is 26.2 Å². The molecule has 1 N–H and O–H groups in total. The third-order valence-corrected chi connectivity index (χ3v) is 3.19. The molecule has 1 heterocycles. The molecule has 0 atom stereocenters. The second-order valence-corrected chi connectivity index (χ2v) is 4.54. The molecule has 3 nitrogen and oxygen atoms in total. The molecular formula is C12H21ClN2O. The maximum Gasteiger partial charge on any atom is 0.223 e. The average molecular weight is 245 g/mol. The van der Waals surface area contributed by atoms with Crippen molar-refractivity contribution in [2.45, 2.75) is 32.6 Å². The lowest BCUT2D eigenvalue weighted by molar-refractivity contribution is -0.131. The molecule has 0 bridgehead atoms. The summed E-state index contributed by atoms with van der Waals surface area (Å²) in [5.41, 5.74) is 2.66.